The van der Waals surface area contributed by atoms with Crippen LogP contribution in [0.3, 0.4) is 0 Å². The zero-order valence-corrected chi connectivity index (χ0v) is 15.0. The molecule has 2 aromatic rings. The fraction of sp³-hybridized carbons (Fsp3) is 0.571. The van der Waals surface area contributed by atoms with Crippen LogP contribution in [-0.4, -0.2) is 27.7 Å². The summed E-state index contributed by atoms with van der Waals surface area (Å²) in [5.74, 6) is 1.25. The molecule has 1 saturated heterocycles. The summed E-state index contributed by atoms with van der Waals surface area (Å²) in [6.45, 7) is 3.80. The quantitative estimate of drug-likeness (QED) is 0.917. The number of likely N-dealkylation sites (tertiary alicyclic amines) is 1. The van der Waals surface area contributed by atoms with Crippen LogP contribution in [0.15, 0.2) is 40.9 Å². The number of hydrogen-bond donors (Lipinski definition) is 1. The minimum atomic E-state index is -0.696. The Bertz CT molecular complexity index is 699. The van der Waals surface area contributed by atoms with E-state index in [1.807, 2.05) is 18.2 Å². The summed E-state index contributed by atoms with van der Waals surface area (Å²) in [5.41, 5.74) is 1.41. The zero-order chi connectivity index (χ0) is 17.3. The monoisotopic (exact) mass is 340 g/mol. The lowest BCUT2D eigenvalue weighted by atomic mass is 9.66. The first kappa shape index (κ1) is 16.8. The first-order chi connectivity index (χ1) is 12.2. The molecule has 25 heavy (non-hydrogen) atoms. The first-order valence-corrected chi connectivity index (χ1v) is 9.67. The minimum absolute atomic E-state index is 0.297. The molecule has 1 N–H and O–H groups in total. The SMILES string of the molecule is CCc1cc(CN2CC[C@](O)(c3ccccc3)[C@@H]3CCCC[C@H]32)on1. The van der Waals surface area contributed by atoms with Gasteiger partial charge in [0.15, 0.2) is 5.76 Å². The van der Waals surface area contributed by atoms with E-state index in [2.05, 4.69) is 35.2 Å². The number of aromatic nitrogens is 1. The van der Waals surface area contributed by atoms with Crippen LogP contribution < -0.4 is 0 Å². The molecule has 3 atom stereocenters. The summed E-state index contributed by atoms with van der Waals surface area (Å²) in [7, 11) is 0. The molecular formula is C21H28N2O2. The number of aliphatic hydroxyl groups is 1. The van der Waals surface area contributed by atoms with E-state index < -0.39 is 5.60 Å². The molecule has 2 aliphatic rings. The lowest BCUT2D eigenvalue weighted by molar-refractivity contribution is -0.124. The number of aryl methyl sites for hydroxylation is 1. The van der Waals surface area contributed by atoms with E-state index in [-0.39, 0.29) is 0 Å². The third-order valence-corrected chi connectivity index (χ3v) is 6.19. The molecule has 0 unspecified atom stereocenters. The van der Waals surface area contributed by atoms with Crippen LogP contribution in [0.5, 0.6) is 0 Å². The Morgan fingerprint density at radius 3 is 2.80 bits per heavy atom. The van der Waals surface area contributed by atoms with Crippen LogP contribution in [-0.2, 0) is 18.6 Å². The molecule has 4 heteroatoms. The molecule has 4 rings (SSSR count). The maximum Gasteiger partial charge on any atom is 0.150 e. The van der Waals surface area contributed by atoms with Gasteiger partial charge in [0.1, 0.15) is 0 Å². The molecule has 0 bridgehead atoms. The number of benzene rings is 1. The Hall–Kier alpha value is -1.65. The van der Waals surface area contributed by atoms with Gasteiger partial charge in [-0.3, -0.25) is 4.90 Å². The summed E-state index contributed by atoms with van der Waals surface area (Å²) >= 11 is 0. The molecule has 2 fully saturated rings. The second-order valence-electron chi connectivity index (χ2n) is 7.61. The maximum absolute atomic E-state index is 11.6. The lowest BCUT2D eigenvalue weighted by Gasteiger charge is -2.52. The van der Waals surface area contributed by atoms with Gasteiger partial charge in [-0.05, 0) is 31.2 Å². The number of fused-ring (bicyclic) bond motifs is 1. The Morgan fingerprint density at radius 1 is 1.24 bits per heavy atom. The van der Waals surface area contributed by atoms with Crippen molar-refractivity contribution in [3.8, 4) is 0 Å². The van der Waals surface area contributed by atoms with E-state index >= 15 is 0 Å². The predicted molar refractivity (Wildman–Crippen MR) is 97.0 cm³/mol. The highest BCUT2D eigenvalue weighted by atomic mass is 16.5. The van der Waals surface area contributed by atoms with Crippen molar-refractivity contribution in [3.05, 3.63) is 53.4 Å². The number of rotatable bonds is 4. The number of piperidine rings is 1. The molecule has 1 aromatic heterocycles. The van der Waals surface area contributed by atoms with Gasteiger partial charge in [-0.25, -0.2) is 0 Å². The van der Waals surface area contributed by atoms with E-state index in [1.54, 1.807) is 0 Å². The average Bonchev–Trinajstić information content (AvgIpc) is 3.13. The van der Waals surface area contributed by atoms with Gasteiger partial charge in [-0.1, -0.05) is 55.3 Å². The minimum Gasteiger partial charge on any atom is -0.385 e. The highest BCUT2D eigenvalue weighted by molar-refractivity contribution is 5.25. The van der Waals surface area contributed by atoms with Gasteiger partial charge in [0.25, 0.3) is 0 Å². The van der Waals surface area contributed by atoms with Crippen molar-refractivity contribution in [2.24, 2.45) is 5.92 Å². The van der Waals surface area contributed by atoms with Crippen LogP contribution in [0, 0.1) is 5.92 Å². The molecule has 0 radical (unpaired) electrons. The average molecular weight is 340 g/mol. The lowest BCUT2D eigenvalue weighted by Crippen LogP contribution is -2.57. The Kier molecular flexibility index (Phi) is 4.65. The molecule has 0 amide bonds. The Balaban J connectivity index is 1.57. The molecule has 1 aliphatic carbocycles. The van der Waals surface area contributed by atoms with Crippen molar-refractivity contribution in [3.63, 3.8) is 0 Å². The molecule has 2 heterocycles. The zero-order valence-electron chi connectivity index (χ0n) is 15.0. The van der Waals surface area contributed by atoms with Gasteiger partial charge in [0.2, 0.25) is 0 Å². The van der Waals surface area contributed by atoms with E-state index in [1.165, 1.54) is 12.8 Å². The summed E-state index contributed by atoms with van der Waals surface area (Å²) in [4.78, 5) is 2.52. The van der Waals surface area contributed by atoms with Crippen molar-refractivity contribution < 1.29 is 9.63 Å². The highest BCUT2D eigenvalue weighted by Gasteiger charge is 2.49. The van der Waals surface area contributed by atoms with Crippen molar-refractivity contribution >= 4 is 0 Å². The number of nitrogens with zero attached hydrogens (tertiary/aromatic N) is 2. The van der Waals surface area contributed by atoms with Gasteiger partial charge >= 0.3 is 0 Å². The highest BCUT2D eigenvalue weighted by Crippen LogP contribution is 2.47. The maximum atomic E-state index is 11.6. The molecule has 134 valence electrons. The van der Waals surface area contributed by atoms with E-state index in [4.69, 9.17) is 4.52 Å². The number of hydrogen-bond acceptors (Lipinski definition) is 4. The van der Waals surface area contributed by atoms with Crippen LogP contribution in [0.4, 0.5) is 0 Å². The predicted octanol–water partition coefficient (Wildman–Crippen LogP) is 3.89. The van der Waals surface area contributed by atoms with Crippen LogP contribution in [0.25, 0.3) is 0 Å². The van der Waals surface area contributed by atoms with Gasteiger partial charge in [0, 0.05) is 24.6 Å². The molecule has 1 saturated carbocycles. The molecular weight excluding hydrogens is 312 g/mol. The standard InChI is InChI=1S/C21H28N2O2/c1-2-17-14-18(25-22-17)15-23-13-12-21(24,16-8-4-3-5-9-16)19-10-6-7-11-20(19)23/h3-5,8-9,14,19-20,24H,2,6-7,10-13,15H2,1H3/t19-,20-,21+/m1/s1. The second-order valence-corrected chi connectivity index (χ2v) is 7.61. The third-order valence-electron chi connectivity index (χ3n) is 6.19. The topological polar surface area (TPSA) is 49.5 Å². The molecule has 1 aromatic carbocycles. The summed E-state index contributed by atoms with van der Waals surface area (Å²) in [6, 6.07) is 12.8. The fourth-order valence-corrected chi connectivity index (χ4v) is 4.85. The van der Waals surface area contributed by atoms with Crippen LogP contribution in [0.1, 0.15) is 56.0 Å². The smallest absolute Gasteiger partial charge is 0.150 e. The van der Waals surface area contributed by atoms with Crippen molar-refractivity contribution in [2.45, 2.75) is 63.6 Å². The molecule has 0 spiro atoms. The van der Waals surface area contributed by atoms with E-state index in [0.717, 1.165) is 55.8 Å². The van der Waals surface area contributed by atoms with Crippen molar-refractivity contribution in [1.82, 2.24) is 10.1 Å². The normalized spacial score (nSPS) is 30.2. The Labute approximate surface area is 149 Å². The summed E-state index contributed by atoms with van der Waals surface area (Å²) in [5, 5.41) is 15.7. The van der Waals surface area contributed by atoms with Gasteiger partial charge < -0.3 is 9.63 Å². The third kappa shape index (κ3) is 3.13. The van der Waals surface area contributed by atoms with E-state index in [0.29, 0.717) is 12.0 Å². The van der Waals surface area contributed by atoms with Gasteiger partial charge in [-0.2, -0.15) is 0 Å². The van der Waals surface area contributed by atoms with Crippen LogP contribution >= 0.6 is 0 Å². The molecule has 4 nitrogen and oxygen atoms in total. The van der Waals surface area contributed by atoms with Gasteiger partial charge in [0.05, 0.1) is 17.8 Å². The Morgan fingerprint density at radius 2 is 2.04 bits per heavy atom. The summed E-state index contributed by atoms with van der Waals surface area (Å²) in [6.07, 6.45) is 6.42. The van der Waals surface area contributed by atoms with Gasteiger partial charge in [-0.15, -0.1) is 0 Å². The second kappa shape index (κ2) is 6.93. The van der Waals surface area contributed by atoms with Crippen molar-refractivity contribution in [1.29, 1.82) is 0 Å². The fourth-order valence-electron chi connectivity index (χ4n) is 4.85. The van der Waals surface area contributed by atoms with Crippen molar-refractivity contribution in [2.75, 3.05) is 6.54 Å². The van der Waals surface area contributed by atoms with Crippen LogP contribution in [0.2, 0.25) is 0 Å². The molecule has 1 aliphatic heterocycles. The first-order valence-electron chi connectivity index (χ1n) is 9.67. The largest absolute Gasteiger partial charge is 0.385 e. The summed E-state index contributed by atoms with van der Waals surface area (Å²) < 4.78 is 5.52. The van der Waals surface area contributed by atoms with E-state index in [9.17, 15) is 5.11 Å².